The number of nitrogens with zero attached hydrogens (tertiary/aromatic N) is 3. The van der Waals surface area contributed by atoms with E-state index in [1.807, 2.05) is 6.92 Å². The Morgan fingerprint density at radius 2 is 2.29 bits per heavy atom. The molecule has 0 saturated carbocycles. The third kappa shape index (κ3) is 3.62. The molecule has 2 aromatic rings. The van der Waals surface area contributed by atoms with Gasteiger partial charge in [0.15, 0.2) is 0 Å². The molecule has 2 aromatic heterocycles. The van der Waals surface area contributed by atoms with E-state index in [1.165, 1.54) is 11.3 Å². The van der Waals surface area contributed by atoms with Crippen molar-refractivity contribution < 1.29 is 4.74 Å². The zero-order chi connectivity index (χ0) is 12.1. The van der Waals surface area contributed by atoms with Crippen LogP contribution in [-0.2, 0) is 6.54 Å². The summed E-state index contributed by atoms with van der Waals surface area (Å²) in [7, 11) is 0. The first-order chi connectivity index (χ1) is 8.28. The van der Waals surface area contributed by atoms with E-state index in [9.17, 15) is 0 Å². The van der Waals surface area contributed by atoms with Gasteiger partial charge in [-0.25, -0.2) is 0 Å². The summed E-state index contributed by atoms with van der Waals surface area (Å²) in [6.45, 7) is 3.63. The quantitative estimate of drug-likeness (QED) is 0.904. The van der Waals surface area contributed by atoms with Crippen LogP contribution in [0.5, 0.6) is 10.9 Å². The lowest BCUT2D eigenvalue weighted by molar-refractivity contribution is 0.471. The van der Waals surface area contributed by atoms with Crippen molar-refractivity contribution >= 4 is 22.9 Å². The SMILES string of the molecule is CCNCc1nnc(Oc2cncc(Cl)c2)s1. The van der Waals surface area contributed by atoms with E-state index in [-0.39, 0.29) is 0 Å². The Hall–Kier alpha value is -1.24. The van der Waals surface area contributed by atoms with E-state index < -0.39 is 0 Å². The number of pyridine rings is 1. The Morgan fingerprint density at radius 1 is 1.41 bits per heavy atom. The highest BCUT2D eigenvalue weighted by molar-refractivity contribution is 7.13. The molecule has 0 unspecified atom stereocenters. The normalized spacial score (nSPS) is 10.5. The first-order valence-electron chi connectivity index (χ1n) is 5.09. The number of aromatic nitrogens is 3. The van der Waals surface area contributed by atoms with E-state index in [0.29, 0.717) is 22.5 Å². The van der Waals surface area contributed by atoms with Gasteiger partial charge in [-0.1, -0.05) is 35.0 Å². The van der Waals surface area contributed by atoms with Crippen molar-refractivity contribution in [1.82, 2.24) is 20.5 Å². The third-order valence-electron chi connectivity index (χ3n) is 1.86. The van der Waals surface area contributed by atoms with E-state index in [1.54, 1.807) is 18.5 Å². The number of halogens is 1. The molecule has 0 aliphatic carbocycles. The summed E-state index contributed by atoms with van der Waals surface area (Å²) in [6.07, 6.45) is 3.13. The second kappa shape index (κ2) is 5.90. The Bertz CT molecular complexity index is 491. The van der Waals surface area contributed by atoms with Crippen LogP contribution in [0.2, 0.25) is 5.02 Å². The fraction of sp³-hybridized carbons (Fsp3) is 0.300. The summed E-state index contributed by atoms with van der Waals surface area (Å²) in [6, 6.07) is 1.68. The Morgan fingerprint density at radius 3 is 3.06 bits per heavy atom. The molecule has 0 bridgehead atoms. The van der Waals surface area contributed by atoms with Crippen LogP contribution >= 0.6 is 22.9 Å². The van der Waals surface area contributed by atoms with Crippen LogP contribution in [0.4, 0.5) is 0 Å². The van der Waals surface area contributed by atoms with Gasteiger partial charge in [0.25, 0.3) is 5.19 Å². The minimum absolute atomic E-state index is 0.488. The zero-order valence-corrected chi connectivity index (χ0v) is 10.8. The zero-order valence-electron chi connectivity index (χ0n) is 9.18. The van der Waals surface area contributed by atoms with Gasteiger partial charge in [0.2, 0.25) is 0 Å². The molecule has 0 amide bonds. The number of hydrogen-bond donors (Lipinski definition) is 1. The lowest BCUT2D eigenvalue weighted by Crippen LogP contribution is -2.11. The molecule has 0 radical (unpaired) electrons. The molecule has 1 N–H and O–H groups in total. The molecule has 2 rings (SSSR count). The summed E-state index contributed by atoms with van der Waals surface area (Å²) < 4.78 is 5.49. The van der Waals surface area contributed by atoms with Gasteiger partial charge < -0.3 is 10.1 Å². The van der Waals surface area contributed by atoms with Crippen LogP contribution in [0.25, 0.3) is 0 Å². The third-order valence-corrected chi connectivity index (χ3v) is 2.87. The molecule has 0 atom stereocenters. The summed E-state index contributed by atoms with van der Waals surface area (Å²) in [5, 5.41) is 13.0. The second-order valence-corrected chi connectivity index (χ2v) is 4.64. The smallest absolute Gasteiger partial charge is 0.299 e. The Kier molecular flexibility index (Phi) is 4.24. The summed E-state index contributed by atoms with van der Waals surface area (Å²) in [5.41, 5.74) is 0. The van der Waals surface area contributed by atoms with Crippen molar-refractivity contribution in [1.29, 1.82) is 0 Å². The van der Waals surface area contributed by atoms with Gasteiger partial charge in [-0.15, -0.1) is 5.10 Å². The van der Waals surface area contributed by atoms with E-state index >= 15 is 0 Å². The average molecular weight is 271 g/mol. The summed E-state index contributed by atoms with van der Waals surface area (Å²) >= 11 is 7.20. The molecule has 5 nitrogen and oxygen atoms in total. The van der Waals surface area contributed by atoms with Gasteiger partial charge in [-0.3, -0.25) is 4.98 Å². The molecular formula is C10H11ClN4OS. The molecule has 17 heavy (non-hydrogen) atoms. The lowest BCUT2D eigenvalue weighted by Gasteiger charge is -1.99. The number of hydrogen-bond acceptors (Lipinski definition) is 6. The van der Waals surface area contributed by atoms with E-state index in [0.717, 1.165) is 11.6 Å². The van der Waals surface area contributed by atoms with Crippen LogP contribution in [0.1, 0.15) is 11.9 Å². The van der Waals surface area contributed by atoms with Gasteiger partial charge >= 0.3 is 0 Å². The molecule has 90 valence electrons. The van der Waals surface area contributed by atoms with Crippen molar-refractivity contribution in [2.75, 3.05) is 6.54 Å². The van der Waals surface area contributed by atoms with Gasteiger partial charge in [-0.05, 0) is 6.54 Å². The van der Waals surface area contributed by atoms with Crippen molar-refractivity contribution in [2.24, 2.45) is 0 Å². The lowest BCUT2D eigenvalue weighted by atomic mass is 10.5. The van der Waals surface area contributed by atoms with Gasteiger partial charge in [-0.2, -0.15) is 0 Å². The predicted molar refractivity (Wildman–Crippen MR) is 66.6 cm³/mol. The monoisotopic (exact) mass is 270 g/mol. The molecular weight excluding hydrogens is 260 g/mol. The molecule has 7 heteroatoms. The number of nitrogens with one attached hydrogen (secondary N) is 1. The number of ether oxygens (including phenoxy) is 1. The average Bonchev–Trinajstić information content (AvgIpc) is 2.74. The first kappa shape index (κ1) is 12.2. The van der Waals surface area contributed by atoms with E-state index in [2.05, 4.69) is 20.5 Å². The molecule has 0 fully saturated rings. The van der Waals surface area contributed by atoms with Crippen LogP contribution in [0.3, 0.4) is 0 Å². The molecule has 0 aromatic carbocycles. The van der Waals surface area contributed by atoms with Crippen LogP contribution < -0.4 is 10.1 Å². The molecule has 2 heterocycles. The second-order valence-electron chi connectivity index (χ2n) is 3.18. The predicted octanol–water partition coefficient (Wildman–Crippen LogP) is 2.49. The van der Waals surface area contributed by atoms with Crippen LogP contribution in [-0.4, -0.2) is 21.7 Å². The minimum atomic E-state index is 0.488. The van der Waals surface area contributed by atoms with Crippen molar-refractivity contribution in [3.05, 3.63) is 28.5 Å². The molecule has 0 aliphatic heterocycles. The number of rotatable bonds is 5. The van der Waals surface area contributed by atoms with Gasteiger partial charge in [0, 0.05) is 18.8 Å². The maximum atomic E-state index is 5.80. The van der Waals surface area contributed by atoms with Crippen molar-refractivity contribution in [3.8, 4) is 10.9 Å². The van der Waals surface area contributed by atoms with Gasteiger partial charge in [0.05, 0.1) is 11.2 Å². The topological polar surface area (TPSA) is 59.9 Å². The van der Waals surface area contributed by atoms with Crippen molar-refractivity contribution in [2.45, 2.75) is 13.5 Å². The Balaban J connectivity index is 2.01. The molecule has 0 saturated heterocycles. The molecule has 0 aliphatic rings. The minimum Gasteiger partial charge on any atom is -0.428 e. The van der Waals surface area contributed by atoms with Gasteiger partial charge in [0.1, 0.15) is 10.8 Å². The fourth-order valence-electron chi connectivity index (χ4n) is 1.13. The highest BCUT2D eigenvalue weighted by Crippen LogP contribution is 2.25. The van der Waals surface area contributed by atoms with E-state index in [4.69, 9.17) is 16.3 Å². The van der Waals surface area contributed by atoms with Crippen LogP contribution in [0.15, 0.2) is 18.5 Å². The van der Waals surface area contributed by atoms with Crippen molar-refractivity contribution in [3.63, 3.8) is 0 Å². The maximum absolute atomic E-state index is 5.80. The molecule has 0 spiro atoms. The highest BCUT2D eigenvalue weighted by Gasteiger charge is 2.06. The summed E-state index contributed by atoms with van der Waals surface area (Å²) in [5.74, 6) is 0.559. The maximum Gasteiger partial charge on any atom is 0.299 e. The Labute approximate surface area is 108 Å². The summed E-state index contributed by atoms with van der Waals surface area (Å²) in [4.78, 5) is 3.92. The standard InChI is InChI=1S/C10H11ClN4OS/c1-2-12-6-9-14-15-10(17-9)16-8-3-7(11)4-13-5-8/h3-5,12H,2,6H2,1H3. The van der Waals surface area contributed by atoms with Crippen LogP contribution in [0, 0.1) is 0 Å². The first-order valence-corrected chi connectivity index (χ1v) is 6.29. The highest BCUT2D eigenvalue weighted by atomic mass is 35.5. The largest absolute Gasteiger partial charge is 0.428 e. The fourth-order valence-corrected chi connectivity index (χ4v) is 1.97.